The zero-order valence-electron chi connectivity index (χ0n) is 11.8. The van der Waals surface area contributed by atoms with Crippen molar-refractivity contribution < 1.29 is 22.7 Å². The molecule has 5 nitrogen and oxygen atoms in total. The Morgan fingerprint density at radius 3 is 2.91 bits per heavy atom. The van der Waals surface area contributed by atoms with Gasteiger partial charge in [0.25, 0.3) is 5.92 Å². The van der Waals surface area contributed by atoms with Crippen LogP contribution in [0.3, 0.4) is 0 Å². The fourth-order valence-electron chi connectivity index (χ4n) is 1.58. The van der Waals surface area contributed by atoms with Gasteiger partial charge in [0.1, 0.15) is 0 Å². The lowest BCUT2D eigenvalue weighted by Crippen LogP contribution is -2.35. The predicted octanol–water partition coefficient (Wildman–Crippen LogP) is 2.65. The minimum absolute atomic E-state index is 0.0490. The summed E-state index contributed by atoms with van der Waals surface area (Å²) in [6.07, 6.45) is 1.45. The lowest BCUT2D eigenvalue weighted by Gasteiger charge is -2.13. The Kier molecular flexibility index (Phi) is 4.72. The molecule has 0 aromatic carbocycles. The molecule has 1 aromatic rings. The van der Waals surface area contributed by atoms with Gasteiger partial charge in [0.2, 0.25) is 5.88 Å². The standard InChI is InChI=1S/C14H14F3N3O2/c1-14(16,17)8-22-12-4-9(2-3-18-12)7-19-13(21)20-11-5-10(15)6-11/h2-4H,5,7-8H2,1H3,(H2,19,20,21). The third kappa shape index (κ3) is 5.14. The minimum Gasteiger partial charge on any atom is -0.471 e. The molecule has 0 saturated heterocycles. The van der Waals surface area contributed by atoms with Crippen LogP contribution in [0.2, 0.25) is 0 Å². The second-order valence-corrected chi connectivity index (χ2v) is 4.85. The summed E-state index contributed by atoms with van der Waals surface area (Å²) in [5, 5.41) is 4.96. The molecule has 0 bridgehead atoms. The Balaban J connectivity index is 1.82. The van der Waals surface area contributed by atoms with Crippen LogP contribution in [0.25, 0.3) is 0 Å². The van der Waals surface area contributed by atoms with E-state index in [0.717, 1.165) is 6.92 Å². The average molecular weight is 313 g/mol. The summed E-state index contributed by atoms with van der Waals surface area (Å²) in [6.45, 7) is 0.116. The Morgan fingerprint density at radius 2 is 2.27 bits per heavy atom. The van der Waals surface area contributed by atoms with E-state index in [2.05, 4.69) is 21.3 Å². The molecule has 2 amide bonds. The molecule has 0 fully saturated rings. The molecule has 0 radical (unpaired) electrons. The third-order valence-electron chi connectivity index (χ3n) is 2.61. The van der Waals surface area contributed by atoms with Crippen molar-refractivity contribution in [2.45, 2.75) is 25.8 Å². The number of rotatable bonds is 6. The first kappa shape index (κ1) is 15.9. The van der Waals surface area contributed by atoms with E-state index in [1.54, 1.807) is 6.07 Å². The smallest absolute Gasteiger partial charge is 0.319 e. The number of aromatic nitrogens is 1. The average Bonchev–Trinajstić information content (AvgIpc) is 2.41. The summed E-state index contributed by atoms with van der Waals surface area (Å²) in [4.78, 5) is 15.3. The van der Waals surface area contributed by atoms with Crippen LogP contribution in [0.15, 0.2) is 35.6 Å². The van der Waals surface area contributed by atoms with E-state index in [1.807, 2.05) is 0 Å². The highest BCUT2D eigenvalue weighted by Gasteiger charge is 2.22. The molecule has 0 unspecified atom stereocenters. The van der Waals surface area contributed by atoms with Gasteiger partial charge < -0.3 is 15.4 Å². The molecule has 1 aliphatic rings. The first-order valence-corrected chi connectivity index (χ1v) is 6.46. The number of hydrogen-bond donors (Lipinski definition) is 2. The minimum atomic E-state index is -2.95. The summed E-state index contributed by atoms with van der Waals surface area (Å²) >= 11 is 0. The Hall–Kier alpha value is -2.47. The molecular weight excluding hydrogens is 299 g/mol. The van der Waals surface area contributed by atoms with Crippen LogP contribution in [0.5, 0.6) is 5.88 Å². The van der Waals surface area contributed by atoms with Crippen molar-refractivity contribution >= 4 is 6.03 Å². The number of carbonyl (C=O) groups is 1. The maximum absolute atomic E-state index is 12.7. The van der Waals surface area contributed by atoms with E-state index in [9.17, 15) is 18.0 Å². The number of carbonyl (C=O) groups excluding carboxylic acids is 1. The van der Waals surface area contributed by atoms with Gasteiger partial charge in [-0.15, -0.1) is 0 Å². The zero-order valence-corrected chi connectivity index (χ0v) is 11.8. The van der Waals surface area contributed by atoms with Crippen LogP contribution in [-0.4, -0.2) is 23.5 Å². The molecule has 2 N–H and O–H groups in total. The van der Waals surface area contributed by atoms with E-state index in [-0.39, 0.29) is 18.8 Å². The van der Waals surface area contributed by atoms with Crippen molar-refractivity contribution in [3.63, 3.8) is 0 Å². The molecule has 2 rings (SSSR count). The van der Waals surface area contributed by atoms with Gasteiger partial charge in [-0.05, 0) is 11.6 Å². The van der Waals surface area contributed by atoms with Crippen LogP contribution in [0, 0.1) is 0 Å². The van der Waals surface area contributed by atoms with E-state index in [4.69, 9.17) is 4.74 Å². The highest BCUT2D eigenvalue weighted by atomic mass is 19.3. The van der Waals surface area contributed by atoms with Gasteiger partial charge in [-0.25, -0.2) is 22.9 Å². The monoisotopic (exact) mass is 313 g/mol. The van der Waals surface area contributed by atoms with Gasteiger partial charge in [0.05, 0.1) is 12.1 Å². The van der Waals surface area contributed by atoms with E-state index in [1.165, 1.54) is 12.3 Å². The van der Waals surface area contributed by atoms with Crippen molar-refractivity contribution in [2.24, 2.45) is 0 Å². The summed E-state index contributed by atoms with van der Waals surface area (Å²) < 4.78 is 42.7. The summed E-state index contributed by atoms with van der Waals surface area (Å²) in [7, 11) is 0. The number of urea groups is 1. The molecule has 22 heavy (non-hydrogen) atoms. The molecular formula is C14H14F3N3O2. The second-order valence-electron chi connectivity index (χ2n) is 4.85. The van der Waals surface area contributed by atoms with Crippen LogP contribution in [0.1, 0.15) is 18.9 Å². The van der Waals surface area contributed by atoms with E-state index in [0.29, 0.717) is 11.3 Å². The molecule has 118 valence electrons. The Morgan fingerprint density at radius 1 is 1.55 bits per heavy atom. The van der Waals surface area contributed by atoms with Crippen molar-refractivity contribution in [1.82, 2.24) is 15.6 Å². The largest absolute Gasteiger partial charge is 0.471 e. The van der Waals surface area contributed by atoms with Crippen LogP contribution in [0.4, 0.5) is 18.0 Å². The highest BCUT2D eigenvalue weighted by molar-refractivity contribution is 5.76. The SMILES string of the molecule is CC(F)(F)COc1cc(CNC(=O)NC2=C=C(F)C2)ccn1. The van der Waals surface area contributed by atoms with Gasteiger partial charge in [-0.2, -0.15) is 0 Å². The lowest BCUT2D eigenvalue weighted by molar-refractivity contribution is -0.0242. The topological polar surface area (TPSA) is 63.2 Å². The van der Waals surface area contributed by atoms with E-state index >= 15 is 0 Å². The van der Waals surface area contributed by atoms with Gasteiger partial charge in [-0.3, -0.25) is 0 Å². The van der Waals surface area contributed by atoms with Gasteiger partial charge in [-0.1, -0.05) is 5.73 Å². The maximum atomic E-state index is 12.7. The van der Waals surface area contributed by atoms with Gasteiger partial charge in [0.15, 0.2) is 12.4 Å². The van der Waals surface area contributed by atoms with Gasteiger partial charge in [0, 0.05) is 25.7 Å². The third-order valence-corrected chi connectivity index (χ3v) is 2.61. The second kappa shape index (κ2) is 6.53. The molecule has 0 atom stereocenters. The quantitative estimate of drug-likeness (QED) is 0.794. The first-order valence-electron chi connectivity index (χ1n) is 6.46. The van der Waals surface area contributed by atoms with Crippen molar-refractivity contribution in [2.75, 3.05) is 6.61 Å². The summed E-state index contributed by atoms with van der Waals surface area (Å²) in [6, 6.07) is 2.56. The first-order chi connectivity index (χ1) is 10.3. The number of amides is 2. The fraction of sp³-hybridized carbons (Fsp3) is 0.357. The molecule has 0 aliphatic heterocycles. The molecule has 0 saturated carbocycles. The number of ether oxygens (including phenoxy) is 1. The summed E-state index contributed by atoms with van der Waals surface area (Å²) in [5.74, 6) is -3.30. The van der Waals surface area contributed by atoms with Crippen LogP contribution in [-0.2, 0) is 6.54 Å². The number of alkyl halides is 2. The molecule has 1 aliphatic carbocycles. The molecule has 8 heteroatoms. The lowest BCUT2D eigenvalue weighted by atomic mass is 10.2. The zero-order chi connectivity index (χ0) is 16.2. The molecule has 1 heterocycles. The highest BCUT2D eigenvalue weighted by Crippen LogP contribution is 2.17. The number of nitrogens with one attached hydrogen (secondary N) is 2. The Bertz CT molecular complexity index is 634. The number of nitrogens with zero attached hydrogens (tertiary/aromatic N) is 1. The van der Waals surface area contributed by atoms with E-state index < -0.39 is 24.4 Å². The number of pyridine rings is 1. The van der Waals surface area contributed by atoms with Crippen LogP contribution < -0.4 is 15.4 Å². The van der Waals surface area contributed by atoms with Crippen molar-refractivity contribution in [3.8, 4) is 5.88 Å². The fourth-order valence-corrected chi connectivity index (χ4v) is 1.58. The number of hydrogen-bond acceptors (Lipinski definition) is 3. The summed E-state index contributed by atoms with van der Waals surface area (Å²) in [5.41, 5.74) is 3.31. The molecule has 1 aromatic heterocycles. The Labute approximate surface area is 124 Å². The number of halogens is 3. The van der Waals surface area contributed by atoms with Crippen LogP contribution >= 0.6 is 0 Å². The normalized spacial score (nSPS) is 13.6. The van der Waals surface area contributed by atoms with Crippen molar-refractivity contribution in [3.05, 3.63) is 41.1 Å². The predicted molar refractivity (Wildman–Crippen MR) is 72.0 cm³/mol. The molecule has 0 spiro atoms. The van der Waals surface area contributed by atoms with Gasteiger partial charge >= 0.3 is 6.03 Å². The maximum Gasteiger partial charge on any atom is 0.319 e. The van der Waals surface area contributed by atoms with Crippen molar-refractivity contribution in [1.29, 1.82) is 0 Å².